The van der Waals surface area contributed by atoms with Crippen LogP contribution >= 0.6 is 11.3 Å². The fraction of sp³-hybridized carbons (Fsp3) is 0.500. The summed E-state index contributed by atoms with van der Waals surface area (Å²) in [6.45, 7) is 0.713. The van der Waals surface area contributed by atoms with Crippen molar-refractivity contribution in [3.8, 4) is 0 Å². The van der Waals surface area contributed by atoms with Gasteiger partial charge in [-0.3, -0.25) is 4.79 Å². The number of H-pyrrole nitrogens is 1. The van der Waals surface area contributed by atoms with Gasteiger partial charge in [-0.2, -0.15) is 0 Å². The van der Waals surface area contributed by atoms with Crippen LogP contribution in [0.3, 0.4) is 0 Å². The van der Waals surface area contributed by atoms with Crippen LogP contribution < -0.4 is 15.3 Å². The number of sulfonamides is 1. The number of nitrogens with one attached hydrogen (secondary N) is 2. The van der Waals surface area contributed by atoms with Gasteiger partial charge in [0.25, 0.3) is 0 Å². The molecule has 4 N–H and O–H groups in total. The van der Waals surface area contributed by atoms with Crippen molar-refractivity contribution in [3.05, 3.63) is 20.7 Å². The van der Waals surface area contributed by atoms with Crippen LogP contribution in [0.15, 0.2) is 10.2 Å². The predicted molar refractivity (Wildman–Crippen MR) is 54.6 cm³/mol. The average Bonchev–Trinajstić information content (AvgIpc) is 2.44. The summed E-state index contributed by atoms with van der Waals surface area (Å²) in [6.07, 6.45) is 0. The van der Waals surface area contributed by atoms with Crippen molar-refractivity contribution in [1.29, 1.82) is 0 Å². The van der Waals surface area contributed by atoms with Crippen molar-refractivity contribution in [2.24, 2.45) is 5.14 Å². The molecule has 0 saturated carbocycles. The summed E-state index contributed by atoms with van der Waals surface area (Å²) in [6, 6.07) is 0. The van der Waals surface area contributed by atoms with E-state index in [-0.39, 0.29) is 17.2 Å². The van der Waals surface area contributed by atoms with E-state index < -0.39 is 10.0 Å². The SMILES string of the molecule is NS(=O)(=O)CCNCc1csc(=O)[nH]1. The first-order chi connectivity index (χ1) is 6.47. The normalized spacial score (nSPS) is 11.8. The molecule has 0 radical (unpaired) electrons. The van der Waals surface area contributed by atoms with Crippen molar-refractivity contribution in [1.82, 2.24) is 10.3 Å². The summed E-state index contributed by atoms with van der Waals surface area (Å²) in [5, 5.41) is 9.33. The van der Waals surface area contributed by atoms with Gasteiger partial charge in [-0.05, 0) is 0 Å². The molecule has 0 aromatic carbocycles. The van der Waals surface area contributed by atoms with Crippen molar-refractivity contribution in [2.75, 3.05) is 12.3 Å². The minimum Gasteiger partial charge on any atom is -0.315 e. The van der Waals surface area contributed by atoms with Crippen molar-refractivity contribution >= 4 is 21.4 Å². The van der Waals surface area contributed by atoms with E-state index in [4.69, 9.17) is 5.14 Å². The van der Waals surface area contributed by atoms with Crippen LogP contribution in [0.5, 0.6) is 0 Å². The first-order valence-electron chi connectivity index (χ1n) is 3.85. The maximum Gasteiger partial charge on any atom is 0.304 e. The van der Waals surface area contributed by atoms with Crippen molar-refractivity contribution < 1.29 is 8.42 Å². The molecule has 14 heavy (non-hydrogen) atoms. The van der Waals surface area contributed by atoms with Crippen molar-refractivity contribution in [3.63, 3.8) is 0 Å². The molecule has 0 atom stereocenters. The lowest BCUT2D eigenvalue weighted by Gasteiger charge is -2.00. The summed E-state index contributed by atoms with van der Waals surface area (Å²) >= 11 is 1.07. The molecule has 80 valence electrons. The Morgan fingerprint density at radius 2 is 2.29 bits per heavy atom. The highest BCUT2D eigenvalue weighted by atomic mass is 32.2. The Hall–Kier alpha value is -0.700. The van der Waals surface area contributed by atoms with E-state index in [1.807, 2.05) is 0 Å². The molecular formula is C6H11N3O3S2. The van der Waals surface area contributed by atoms with E-state index in [9.17, 15) is 13.2 Å². The monoisotopic (exact) mass is 237 g/mol. The first-order valence-corrected chi connectivity index (χ1v) is 6.45. The van der Waals surface area contributed by atoms with E-state index in [1.54, 1.807) is 5.38 Å². The quantitative estimate of drug-likeness (QED) is 0.560. The Morgan fingerprint density at radius 3 is 2.79 bits per heavy atom. The van der Waals surface area contributed by atoms with Gasteiger partial charge in [-0.1, -0.05) is 11.3 Å². The van der Waals surface area contributed by atoms with Gasteiger partial charge in [-0.25, -0.2) is 13.6 Å². The fourth-order valence-corrected chi connectivity index (χ4v) is 1.85. The Labute approximate surface area is 85.2 Å². The van der Waals surface area contributed by atoms with E-state index in [0.717, 1.165) is 17.0 Å². The zero-order chi connectivity index (χ0) is 10.6. The number of primary sulfonamides is 1. The van der Waals surface area contributed by atoms with Crippen LogP contribution in [-0.4, -0.2) is 25.7 Å². The molecule has 1 rings (SSSR count). The molecule has 0 amide bonds. The third-order valence-electron chi connectivity index (χ3n) is 1.45. The molecular weight excluding hydrogens is 226 g/mol. The van der Waals surface area contributed by atoms with E-state index in [0.29, 0.717) is 6.54 Å². The highest BCUT2D eigenvalue weighted by molar-refractivity contribution is 7.89. The Balaban J connectivity index is 2.26. The second kappa shape index (κ2) is 4.69. The molecule has 0 aliphatic carbocycles. The second-order valence-corrected chi connectivity index (χ2v) is 5.29. The maximum atomic E-state index is 10.7. The minimum atomic E-state index is -3.41. The Morgan fingerprint density at radius 1 is 1.57 bits per heavy atom. The van der Waals surface area contributed by atoms with Gasteiger partial charge in [0, 0.05) is 24.2 Å². The minimum absolute atomic E-state index is 0.110. The number of hydrogen-bond donors (Lipinski definition) is 3. The Bertz CT molecular complexity index is 433. The number of nitrogens with two attached hydrogens (primary N) is 1. The first kappa shape index (κ1) is 11.4. The lowest BCUT2D eigenvalue weighted by molar-refractivity contribution is 0.592. The van der Waals surface area contributed by atoms with E-state index in [1.165, 1.54) is 0 Å². The number of aromatic amines is 1. The lowest BCUT2D eigenvalue weighted by atomic mass is 10.5. The molecule has 0 bridgehead atoms. The van der Waals surface area contributed by atoms with Gasteiger partial charge in [0.1, 0.15) is 0 Å². The van der Waals surface area contributed by atoms with Gasteiger partial charge in [0.2, 0.25) is 10.0 Å². The van der Waals surface area contributed by atoms with Gasteiger partial charge in [0.05, 0.1) is 5.75 Å². The largest absolute Gasteiger partial charge is 0.315 e. The number of thiazole rings is 1. The Kier molecular flexibility index (Phi) is 3.81. The third kappa shape index (κ3) is 4.51. The molecule has 6 nitrogen and oxygen atoms in total. The topological polar surface area (TPSA) is 105 Å². The predicted octanol–water partition coefficient (Wildman–Crippen LogP) is -1.19. The van der Waals surface area contributed by atoms with Crippen molar-refractivity contribution in [2.45, 2.75) is 6.54 Å². The molecule has 1 aromatic rings. The van der Waals surface area contributed by atoms with Crippen LogP contribution in [0.4, 0.5) is 0 Å². The zero-order valence-corrected chi connectivity index (χ0v) is 8.95. The zero-order valence-electron chi connectivity index (χ0n) is 7.32. The molecule has 8 heteroatoms. The molecule has 1 aromatic heterocycles. The van der Waals surface area contributed by atoms with E-state index in [2.05, 4.69) is 10.3 Å². The summed E-state index contributed by atoms with van der Waals surface area (Å²) in [5.41, 5.74) is 0.745. The highest BCUT2D eigenvalue weighted by Gasteiger charge is 2.01. The molecule has 0 aliphatic rings. The number of rotatable bonds is 5. The fourth-order valence-electron chi connectivity index (χ4n) is 0.838. The van der Waals surface area contributed by atoms with Crippen LogP contribution in [0.25, 0.3) is 0 Å². The molecule has 0 aliphatic heterocycles. The van der Waals surface area contributed by atoms with Crippen LogP contribution in [-0.2, 0) is 16.6 Å². The van der Waals surface area contributed by atoms with Gasteiger partial charge in [-0.15, -0.1) is 0 Å². The van der Waals surface area contributed by atoms with E-state index >= 15 is 0 Å². The number of hydrogen-bond acceptors (Lipinski definition) is 5. The van der Waals surface area contributed by atoms with Crippen LogP contribution in [0.1, 0.15) is 5.69 Å². The third-order valence-corrected chi connectivity index (χ3v) is 2.94. The van der Waals surface area contributed by atoms with Gasteiger partial charge < -0.3 is 10.3 Å². The summed E-state index contributed by atoms with van der Waals surface area (Å²) in [4.78, 5) is 13.2. The summed E-state index contributed by atoms with van der Waals surface area (Å²) in [7, 11) is -3.41. The van der Waals surface area contributed by atoms with Crippen LogP contribution in [0.2, 0.25) is 0 Å². The second-order valence-electron chi connectivity index (χ2n) is 2.72. The summed E-state index contributed by atoms with van der Waals surface area (Å²) in [5.74, 6) is -0.110. The average molecular weight is 237 g/mol. The van der Waals surface area contributed by atoms with Gasteiger partial charge in [0.15, 0.2) is 0 Å². The highest BCUT2D eigenvalue weighted by Crippen LogP contribution is 1.93. The molecule has 0 spiro atoms. The van der Waals surface area contributed by atoms with Crippen LogP contribution in [0, 0.1) is 0 Å². The molecule has 0 unspecified atom stereocenters. The maximum absolute atomic E-state index is 10.7. The lowest BCUT2D eigenvalue weighted by Crippen LogP contribution is -2.27. The molecule has 0 saturated heterocycles. The van der Waals surface area contributed by atoms with Gasteiger partial charge >= 0.3 is 4.87 Å². The molecule has 0 fully saturated rings. The smallest absolute Gasteiger partial charge is 0.304 e. The number of aromatic nitrogens is 1. The molecule has 1 heterocycles. The standard InChI is InChI=1S/C6H11N3O3S2/c7-14(11,12)2-1-8-3-5-4-13-6(10)9-5/h4,8H,1-3H2,(H,9,10)(H2,7,11,12). The summed E-state index contributed by atoms with van der Waals surface area (Å²) < 4.78 is 21.1.